The number of thiazole rings is 1. The Balaban J connectivity index is 1.40. The van der Waals surface area contributed by atoms with E-state index in [1.165, 1.54) is 11.3 Å². The van der Waals surface area contributed by atoms with Gasteiger partial charge in [-0.2, -0.15) is 5.10 Å². The van der Waals surface area contributed by atoms with Gasteiger partial charge < -0.3 is 19.9 Å². The summed E-state index contributed by atoms with van der Waals surface area (Å²) in [5.74, 6) is 0.430. The summed E-state index contributed by atoms with van der Waals surface area (Å²) in [7, 11) is 1.86. The summed E-state index contributed by atoms with van der Waals surface area (Å²) in [6.45, 7) is 8.49. The lowest BCUT2D eigenvalue weighted by Gasteiger charge is -2.26. The maximum Gasteiger partial charge on any atom is 0.410 e. The third kappa shape index (κ3) is 6.28. The van der Waals surface area contributed by atoms with Crippen LogP contribution in [0.2, 0.25) is 0 Å². The molecule has 3 heterocycles. The number of carbonyl (C=O) groups is 2. The van der Waals surface area contributed by atoms with E-state index in [1.807, 2.05) is 59.0 Å². The predicted molar refractivity (Wildman–Crippen MR) is 138 cm³/mol. The van der Waals surface area contributed by atoms with Crippen LogP contribution in [-0.4, -0.2) is 53.8 Å². The van der Waals surface area contributed by atoms with Gasteiger partial charge in [0.15, 0.2) is 0 Å². The second-order valence-electron chi connectivity index (χ2n) is 9.54. The maximum atomic E-state index is 12.9. The molecule has 1 aromatic carbocycles. The molecule has 0 aliphatic heterocycles. The van der Waals surface area contributed by atoms with Gasteiger partial charge in [-0.15, -0.1) is 11.3 Å². The number of H-pyrrole nitrogens is 1. The van der Waals surface area contributed by atoms with Gasteiger partial charge in [-0.25, -0.2) is 14.8 Å². The summed E-state index contributed by atoms with van der Waals surface area (Å²) >= 11 is 1.39. The molecule has 0 fully saturated rings. The number of aromatic nitrogens is 5. The van der Waals surface area contributed by atoms with Crippen molar-refractivity contribution in [3.05, 3.63) is 63.6 Å². The second-order valence-corrected chi connectivity index (χ2v) is 10.5. The van der Waals surface area contributed by atoms with E-state index in [-0.39, 0.29) is 12.5 Å². The van der Waals surface area contributed by atoms with Crippen molar-refractivity contribution in [1.29, 1.82) is 0 Å². The molecule has 0 radical (unpaired) electrons. The fraction of sp³-hybridized carbons (Fsp3) is 0.400. The van der Waals surface area contributed by atoms with Crippen molar-refractivity contribution in [1.82, 2.24) is 34.9 Å². The number of benzene rings is 1. The highest BCUT2D eigenvalue weighted by atomic mass is 32.1. The number of nitrogens with zero attached hydrogens (tertiary/aromatic N) is 5. The van der Waals surface area contributed by atoms with Gasteiger partial charge in [0.2, 0.25) is 0 Å². The summed E-state index contributed by atoms with van der Waals surface area (Å²) in [5.41, 5.74) is 3.45. The Morgan fingerprint density at radius 2 is 2.00 bits per heavy atom. The highest BCUT2D eigenvalue weighted by Gasteiger charge is 2.24. The minimum absolute atomic E-state index is 0.243. The Hall–Kier alpha value is -3.73. The molecule has 0 saturated heterocycles. The Morgan fingerprint density at radius 1 is 1.22 bits per heavy atom. The summed E-state index contributed by atoms with van der Waals surface area (Å²) < 4.78 is 7.39. The normalized spacial score (nSPS) is 11.6. The molecule has 4 rings (SSSR count). The number of aromatic amines is 1. The highest BCUT2D eigenvalue weighted by Crippen LogP contribution is 2.17. The van der Waals surface area contributed by atoms with Gasteiger partial charge in [0, 0.05) is 43.2 Å². The lowest BCUT2D eigenvalue weighted by Crippen LogP contribution is -2.38. The predicted octanol–water partition coefficient (Wildman–Crippen LogP) is 3.97. The molecule has 4 aromatic rings. The van der Waals surface area contributed by atoms with Gasteiger partial charge in [0.05, 0.1) is 28.8 Å². The molecule has 0 bridgehead atoms. The molecular formula is C25H31N7O3S. The Morgan fingerprint density at radius 3 is 2.69 bits per heavy atom. The van der Waals surface area contributed by atoms with E-state index in [4.69, 9.17) is 4.74 Å². The molecular weight excluding hydrogens is 478 g/mol. The molecule has 2 N–H and O–H groups in total. The second kappa shape index (κ2) is 10.5. The summed E-state index contributed by atoms with van der Waals surface area (Å²) in [6, 6.07) is 7.73. The molecule has 0 unspecified atom stereocenters. The van der Waals surface area contributed by atoms with Crippen molar-refractivity contribution in [2.75, 3.05) is 6.54 Å². The van der Waals surface area contributed by atoms with E-state index in [9.17, 15) is 9.59 Å². The number of aryl methyl sites for hydroxylation is 1. The molecule has 0 aliphatic rings. The van der Waals surface area contributed by atoms with E-state index in [0.29, 0.717) is 31.0 Å². The monoisotopic (exact) mass is 509 g/mol. The first kappa shape index (κ1) is 25.4. The van der Waals surface area contributed by atoms with Crippen molar-refractivity contribution in [3.63, 3.8) is 0 Å². The van der Waals surface area contributed by atoms with Crippen molar-refractivity contribution >= 4 is 34.4 Å². The average Bonchev–Trinajstić information content (AvgIpc) is 3.53. The molecule has 190 valence electrons. The fourth-order valence-corrected chi connectivity index (χ4v) is 4.33. The maximum absolute atomic E-state index is 12.9. The minimum Gasteiger partial charge on any atom is -0.444 e. The van der Waals surface area contributed by atoms with Crippen LogP contribution in [0.1, 0.15) is 53.3 Å². The number of fused-ring (bicyclic) bond motifs is 1. The number of carbonyl (C=O) groups excluding carboxylic acids is 2. The molecule has 3 aromatic heterocycles. The number of ether oxygens (including phenoxy) is 1. The van der Waals surface area contributed by atoms with Crippen LogP contribution in [0.4, 0.5) is 4.79 Å². The van der Waals surface area contributed by atoms with Crippen LogP contribution >= 0.6 is 11.3 Å². The van der Waals surface area contributed by atoms with Crippen LogP contribution in [0.3, 0.4) is 0 Å². The Bertz CT molecular complexity index is 1330. The molecule has 36 heavy (non-hydrogen) atoms. The molecule has 0 atom stereocenters. The summed E-state index contributed by atoms with van der Waals surface area (Å²) in [4.78, 5) is 39.5. The average molecular weight is 510 g/mol. The number of hydrogen-bond acceptors (Lipinski definition) is 7. The lowest BCUT2D eigenvalue weighted by atomic mass is 10.2. The zero-order valence-electron chi connectivity index (χ0n) is 21.2. The van der Waals surface area contributed by atoms with E-state index in [2.05, 4.69) is 25.4 Å². The van der Waals surface area contributed by atoms with Crippen LogP contribution in [0, 0.1) is 6.92 Å². The third-order valence-corrected chi connectivity index (χ3v) is 6.50. The van der Waals surface area contributed by atoms with E-state index in [1.54, 1.807) is 21.2 Å². The zero-order valence-corrected chi connectivity index (χ0v) is 22.0. The summed E-state index contributed by atoms with van der Waals surface area (Å²) in [6.07, 6.45) is 1.80. The molecule has 10 nitrogen and oxygen atoms in total. The van der Waals surface area contributed by atoms with Gasteiger partial charge >= 0.3 is 6.09 Å². The molecule has 2 amide bonds. The van der Waals surface area contributed by atoms with Crippen LogP contribution in [0.15, 0.2) is 35.8 Å². The van der Waals surface area contributed by atoms with Crippen molar-refractivity contribution in [2.45, 2.75) is 52.8 Å². The van der Waals surface area contributed by atoms with E-state index in [0.717, 1.165) is 27.3 Å². The number of amides is 2. The van der Waals surface area contributed by atoms with Crippen LogP contribution < -0.4 is 5.32 Å². The Labute approximate surface area is 213 Å². The van der Waals surface area contributed by atoms with Crippen LogP contribution in [0.25, 0.3) is 11.0 Å². The SMILES string of the molecule is Cc1c(CNC(=O)c2csc(CCN(Cc3nc4ccccc4[nH]3)C(=O)OC(C)(C)C)n2)cnn1C. The molecule has 0 aliphatic carbocycles. The number of para-hydroxylation sites is 2. The van der Waals surface area contributed by atoms with Gasteiger partial charge in [0.1, 0.15) is 17.1 Å². The smallest absolute Gasteiger partial charge is 0.410 e. The zero-order chi connectivity index (χ0) is 25.9. The first-order chi connectivity index (χ1) is 17.1. The number of rotatable bonds is 8. The van der Waals surface area contributed by atoms with Crippen molar-refractivity contribution in [2.24, 2.45) is 7.05 Å². The van der Waals surface area contributed by atoms with Crippen LogP contribution in [0.5, 0.6) is 0 Å². The highest BCUT2D eigenvalue weighted by molar-refractivity contribution is 7.09. The third-order valence-electron chi connectivity index (χ3n) is 5.59. The standard InChI is InChI=1S/C25H31N7O3S/c1-16-17(13-27-31(16)5)12-26-23(33)20-15-36-22(30-20)10-11-32(24(34)35-25(2,3)4)14-21-28-18-8-6-7-9-19(18)29-21/h6-9,13,15H,10-12,14H2,1-5H3,(H,26,33)(H,28,29). The van der Waals surface area contributed by atoms with Crippen LogP contribution in [-0.2, 0) is 31.3 Å². The molecule has 11 heteroatoms. The fourth-order valence-electron chi connectivity index (χ4n) is 3.57. The first-order valence-electron chi connectivity index (χ1n) is 11.7. The lowest BCUT2D eigenvalue weighted by molar-refractivity contribution is 0.0231. The van der Waals surface area contributed by atoms with Gasteiger partial charge in [-0.05, 0) is 39.8 Å². The topological polar surface area (TPSA) is 118 Å². The number of imidazole rings is 1. The summed E-state index contributed by atoms with van der Waals surface area (Å²) in [5, 5.41) is 9.58. The van der Waals surface area contributed by atoms with Gasteiger partial charge in [0.25, 0.3) is 5.91 Å². The minimum atomic E-state index is -0.623. The number of nitrogens with one attached hydrogen (secondary N) is 2. The Kier molecular flexibility index (Phi) is 7.39. The van der Waals surface area contributed by atoms with Gasteiger partial charge in [-0.1, -0.05) is 12.1 Å². The van der Waals surface area contributed by atoms with Crippen molar-refractivity contribution < 1.29 is 14.3 Å². The van der Waals surface area contributed by atoms with E-state index >= 15 is 0 Å². The first-order valence-corrected chi connectivity index (χ1v) is 12.6. The van der Waals surface area contributed by atoms with E-state index < -0.39 is 11.7 Å². The molecule has 0 spiro atoms. The molecule has 0 saturated carbocycles. The quantitative estimate of drug-likeness (QED) is 0.371. The van der Waals surface area contributed by atoms with Crippen molar-refractivity contribution in [3.8, 4) is 0 Å². The van der Waals surface area contributed by atoms with Gasteiger partial charge in [-0.3, -0.25) is 9.48 Å². The largest absolute Gasteiger partial charge is 0.444 e. The number of hydrogen-bond donors (Lipinski definition) is 2.